The summed E-state index contributed by atoms with van der Waals surface area (Å²) in [5.41, 5.74) is 6.83. The molecule has 1 aromatic rings. The summed E-state index contributed by atoms with van der Waals surface area (Å²) in [4.78, 5) is 4.30. The van der Waals surface area contributed by atoms with Crippen LogP contribution in [-0.2, 0) is 9.47 Å². The molecule has 1 aromatic carbocycles. The molecule has 1 fully saturated rings. The average molecular weight is 488 g/mol. The molecular formula is C16H24Cl2IN3O2. The summed E-state index contributed by atoms with van der Waals surface area (Å²) in [6.07, 6.45) is 2.04. The Hall–Kier alpha value is -0.280. The number of hydrogen-bond donors (Lipinski definition) is 2. The number of halogens is 3. The van der Waals surface area contributed by atoms with Crippen molar-refractivity contribution in [3.8, 4) is 0 Å². The molecule has 0 aliphatic carbocycles. The highest BCUT2D eigenvalue weighted by molar-refractivity contribution is 14.0. The molecule has 8 heteroatoms. The van der Waals surface area contributed by atoms with Crippen LogP contribution < -0.4 is 11.1 Å². The van der Waals surface area contributed by atoms with E-state index in [1.54, 1.807) is 12.1 Å². The summed E-state index contributed by atoms with van der Waals surface area (Å²) in [5, 5.41) is 4.35. The molecule has 0 aromatic heterocycles. The van der Waals surface area contributed by atoms with E-state index >= 15 is 0 Å². The van der Waals surface area contributed by atoms with Gasteiger partial charge < -0.3 is 20.5 Å². The van der Waals surface area contributed by atoms with E-state index < -0.39 is 0 Å². The molecule has 2 unspecified atom stereocenters. The molecule has 1 aliphatic heterocycles. The summed E-state index contributed by atoms with van der Waals surface area (Å²) in [5.74, 6) is 0.396. The summed E-state index contributed by atoms with van der Waals surface area (Å²) < 4.78 is 10.9. The number of nitrogens with zero attached hydrogens (tertiary/aromatic N) is 1. The molecule has 1 aliphatic rings. The van der Waals surface area contributed by atoms with E-state index in [2.05, 4.69) is 10.3 Å². The third-order valence-electron chi connectivity index (χ3n) is 3.62. The van der Waals surface area contributed by atoms with Gasteiger partial charge in [0.1, 0.15) is 0 Å². The predicted octanol–water partition coefficient (Wildman–Crippen LogP) is 3.77. The fraction of sp³-hybridized carbons (Fsp3) is 0.562. The van der Waals surface area contributed by atoms with Crippen LogP contribution in [0.1, 0.15) is 31.4 Å². The van der Waals surface area contributed by atoms with Gasteiger partial charge in [0, 0.05) is 29.8 Å². The van der Waals surface area contributed by atoms with Crippen LogP contribution >= 0.6 is 47.2 Å². The summed E-state index contributed by atoms with van der Waals surface area (Å²) >= 11 is 12.1. The lowest BCUT2D eigenvalue weighted by Crippen LogP contribution is -2.34. The molecule has 0 spiro atoms. The Labute approximate surface area is 170 Å². The third kappa shape index (κ3) is 7.31. The minimum atomic E-state index is -0.0459. The predicted molar refractivity (Wildman–Crippen MR) is 110 cm³/mol. The Kier molecular flexibility index (Phi) is 10.3. The van der Waals surface area contributed by atoms with Gasteiger partial charge in [0.05, 0.1) is 18.8 Å². The lowest BCUT2D eigenvalue weighted by molar-refractivity contribution is 0.0424. The largest absolute Gasteiger partial charge is 0.379 e. The molecule has 1 heterocycles. The van der Waals surface area contributed by atoms with Gasteiger partial charge in [-0.1, -0.05) is 29.3 Å². The number of ether oxygens (including phenoxy) is 2. The van der Waals surface area contributed by atoms with Crippen LogP contribution in [0.5, 0.6) is 0 Å². The number of rotatable bonds is 7. The molecule has 2 rings (SSSR count). The van der Waals surface area contributed by atoms with E-state index in [1.165, 1.54) is 0 Å². The second-order valence-corrected chi connectivity index (χ2v) is 6.35. The van der Waals surface area contributed by atoms with E-state index in [1.807, 2.05) is 13.0 Å². The third-order valence-corrected chi connectivity index (χ3v) is 4.18. The van der Waals surface area contributed by atoms with Gasteiger partial charge in [0.25, 0.3) is 0 Å². The van der Waals surface area contributed by atoms with Gasteiger partial charge in [-0.05, 0) is 37.5 Å². The lowest BCUT2D eigenvalue weighted by atomic mass is 10.1. The zero-order valence-corrected chi connectivity index (χ0v) is 17.5. The SMILES string of the molecule is CC(NC(N)=NCCCOC1CCOC1)c1ccc(Cl)cc1Cl.I. The first-order valence-corrected chi connectivity index (χ1v) is 8.52. The molecule has 136 valence electrons. The van der Waals surface area contributed by atoms with Gasteiger partial charge >= 0.3 is 0 Å². The lowest BCUT2D eigenvalue weighted by Gasteiger charge is -2.16. The van der Waals surface area contributed by atoms with Gasteiger partial charge in [-0.15, -0.1) is 24.0 Å². The monoisotopic (exact) mass is 487 g/mol. The quantitative estimate of drug-likeness (QED) is 0.266. The number of guanidine groups is 1. The molecule has 1 saturated heterocycles. The highest BCUT2D eigenvalue weighted by atomic mass is 127. The molecule has 0 radical (unpaired) electrons. The summed E-state index contributed by atoms with van der Waals surface area (Å²) in [7, 11) is 0. The molecule has 0 saturated carbocycles. The van der Waals surface area contributed by atoms with Crippen molar-refractivity contribution in [3.05, 3.63) is 33.8 Å². The minimum Gasteiger partial charge on any atom is -0.379 e. The van der Waals surface area contributed by atoms with Gasteiger partial charge in [-0.25, -0.2) is 0 Å². The summed E-state index contributed by atoms with van der Waals surface area (Å²) in [6, 6.07) is 5.36. The van der Waals surface area contributed by atoms with Crippen molar-refractivity contribution in [1.82, 2.24) is 5.32 Å². The highest BCUT2D eigenvalue weighted by Gasteiger charge is 2.15. The fourth-order valence-corrected chi connectivity index (χ4v) is 2.93. The highest BCUT2D eigenvalue weighted by Crippen LogP contribution is 2.25. The zero-order valence-electron chi connectivity index (χ0n) is 13.6. The average Bonchev–Trinajstić information content (AvgIpc) is 3.00. The van der Waals surface area contributed by atoms with E-state index in [9.17, 15) is 0 Å². The standard InChI is InChI=1S/C16H23Cl2N3O2.HI/c1-11(14-4-3-12(17)9-15(14)18)21-16(19)20-6-2-7-23-13-5-8-22-10-13;/h3-4,9,11,13H,2,5-8,10H2,1H3,(H3,19,20,21);1H. The Morgan fingerprint density at radius 3 is 2.96 bits per heavy atom. The van der Waals surface area contributed by atoms with Gasteiger partial charge in [-0.2, -0.15) is 0 Å². The first-order valence-electron chi connectivity index (χ1n) is 7.77. The van der Waals surface area contributed by atoms with E-state index in [0.29, 0.717) is 35.8 Å². The van der Waals surface area contributed by atoms with Crippen LogP contribution in [0.3, 0.4) is 0 Å². The number of aliphatic imine (C=N–C) groups is 1. The topological polar surface area (TPSA) is 68.9 Å². The van der Waals surface area contributed by atoms with Crippen molar-refractivity contribution >= 4 is 53.1 Å². The first kappa shape index (κ1) is 21.8. The first-order chi connectivity index (χ1) is 11.1. The maximum atomic E-state index is 6.18. The van der Waals surface area contributed by atoms with Gasteiger partial charge in [0.15, 0.2) is 5.96 Å². The Balaban J connectivity index is 0.00000288. The van der Waals surface area contributed by atoms with Crippen molar-refractivity contribution in [1.29, 1.82) is 0 Å². The normalized spacial score (nSPS) is 19.0. The van der Waals surface area contributed by atoms with Crippen LogP contribution in [-0.4, -0.2) is 38.4 Å². The number of nitrogens with two attached hydrogens (primary N) is 1. The Bertz CT molecular complexity index is 540. The van der Waals surface area contributed by atoms with Crippen LogP contribution in [0.15, 0.2) is 23.2 Å². The van der Waals surface area contributed by atoms with Crippen molar-refractivity contribution in [2.24, 2.45) is 10.7 Å². The zero-order chi connectivity index (χ0) is 16.7. The smallest absolute Gasteiger partial charge is 0.189 e. The Morgan fingerprint density at radius 1 is 1.50 bits per heavy atom. The minimum absolute atomic E-state index is 0. The number of hydrogen-bond acceptors (Lipinski definition) is 3. The van der Waals surface area contributed by atoms with Gasteiger partial charge in [-0.3, -0.25) is 4.99 Å². The van der Waals surface area contributed by atoms with Crippen LogP contribution in [0.25, 0.3) is 0 Å². The molecule has 5 nitrogen and oxygen atoms in total. The van der Waals surface area contributed by atoms with Crippen molar-refractivity contribution < 1.29 is 9.47 Å². The van der Waals surface area contributed by atoms with Crippen molar-refractivity contribution in [2.75, 3.05) is 26.4 Å². The number of nitrogens with one attached hydrogen (secondary N) is 1. The maximum Gasteiger partial charge on any atom is 0.189 e. The van der Waals surface area contributed by atoms with E-state index in [4.69, 9.17) is 38.4 Å². The van der Waals surface area contributed by atoms with Crippen LogP contribution in [0, 0.1) is 0 Å². The molecule has 24 heavy (non-hydrogen) atoms. The molecule has 0 amide bonds. The maximum absolute atomic E-state index is 6.18. The fourth-order valence-electron chi connectivity index (χ4n) is 2.36. The van der Waals surface area contributed by atoms with Crippen molar-refractivity contribution in [2.45, 2.75) is 31.9 Å². The van der Waals surface area contributed by atoms with E-state index in [-0.39, 0.29) is 36.1 Å². The number of benzene rings is 1. The van der Waals surface area contributed by atoms with Gasteiger partial charge in [0.2, 0.25) is 0 Å². The molecule has 2 atom stereocenters. The molecule has 3 N–H and O–H groups in total. The molecular weight excluding hydrogens is 464 g/mol. The second kappa shape index (κ2) is 11.4. The summed E-state index contributed by atoms with van der Waals surface area (Å²) in [6.45, 7) is 4.76. The second-order valence-electron chi connectivity index (χ2n) is 5.51. The van der Waals surface area contributed by atoms with Crippen LogP contribution in [0.4, 0.5) is 0 Å². The van der Waals surface area contributed by atoms with E-state index in [0.717, 1.165) is 25.0 Å². The molecule has 0 bridgehead atoms. The van der Waals surface area contributed by atoms with Crippen LogP contribution in [0.2, 0.25) is 10.0 Å². The van der Waals surface area contributed by atoms with Crippen molar-refractivity contribution in [3.63, 3.8) is 0 Å². The Morgan fingerprint density at radius 2 is 2.29 bits per heavy atom.